The van der Waals surface area contributed by atoms with Crippen LogP contribution in [0.25, 0.3) is 0 Å². The van der Waals surface area contributed by atoms with E-state index in [1.165, 1.54) is 0 Å². The molecule has 1 aromatic carbocycles. The van der Waals surface area contributed by atoms with Crippen molar-refractivity contribution in [2.45, 2.75) is 19.4 Å². The topological polar surface area (TPSA) is 26.3 Å². The molecule has 2 nitrogen and oxygen atoms in total. The molecular weight excluding hydrogens is 247 g/mol. The molecular formula is C12H12Cl2O2. The number of hydrogen-bond donors (Lipinski definition) is 0. The van der Waals surface area contributed by atoms with Crippen LogP contribution in [0.5, 0.6) is 0 Å². The van der Waals surface area contributed by atoms with Crippen molar-refractivity contribution >= 4 is 29.0 Å². The average molecular weight is 259 g/mol. The molecule has 0 spiro atoms. The first kappa shape index (κ1) is 11.9. The van der Waals surface area contributed by atoms with E-state index in [1.807, 2.05) is 6.92 Å². The molecule has 1 fully saturated rings. The summed E-state index contributed by atoms with van der Waals surface area (Å²) in [7, 11) is 0. The molecule has 1 heterocycles. The number of rotatable bonds is 2. The lowest BCUT2D eigenvalue weighted by Crippen LogP contribution is -2.15. The highest BCUT2D eigenvalue weighted by Gasteiger charge is 2.29. The minimum atomic E-state index is -0.0753. The summed E-state index contributed by atoms with van der Waals surface area (Å²) >= 11 is 11.8. The molecule has 4 heteroatoms. The molecule has 0 saturated carbocycles. The van der Waals surface area contributed by atoms with Crippen LogP contribution in [0.4, 0.5) is 0 Å². The first-order chi connectivity index (χ1) is 7.58. The predicted molar refractivity (Wildman–Crippen MR) is 64.3 cm³/mol. The Hall–Kier alpha value is -0.570. The molecule has 0 aromatic heterocycles. The van der Waals surface area contributed by atoms with Gasteiger partial charge in [0.25, 0.3) is 0 Å². The van der Waals surface area contributed by atoms with Gasteiger partial charge in [-0.15, -0.1) is 0 Å². The first-order valence-electron chi connectivity index (χ1n) is 5.19. The molecule has 0 radical (unpaired) electrons. The summed E-state index contributed by atoms with van der Waals surface area (Å²) in [6.07, 6.45) is 0.914. The van der Waals surface area contributed by atoms with Crippen LogP contribution >= 0.6 is 23.2 Å². The fourth-order valence-electron chi connectivity index (χ4n) is 1.91. The lowest BCUT2D eigenvalue weighted by Gasteiger charge is -2.08. The summed E-state index contributed by atoms with van der Waals surface area (Å²) in [6, 6.07) is 4.95. The second kappa shape index (κ2) is 4.74. The molecule has 0 bridgehead atoms. The van der Waals surface area contributed by atoms with E-state index < -0.39 is 0 Å². The highest BCUT2D eigenvalue weighted by Crippen LogP contribution is 2.28. The summed E-state index contributed by atoms with van der Waals surface area (Å²) in [5.41, 5.74) is 0.536. The van der Waals surface area contributed by atoms with E-state index in [0.717, 1.165) is 6.42 Å². The van der Waals surface area contributed by atoms with Crippen LogP contribution < -0.4 is 0 Å². The van der Waals surface area contributed by atoms with E-state index in [2.05, 4.69) is 0 Å². The number of Topliss-reactive ketones (excluding diaryl/α,β-unsaturated/α-hetero) is 1. The third-order valence-electron chi connectivity index (χ3n) is 2.77. The third kappa shape index (κ3) is 2.40. The number of ether oxygens (including phenoxy) is 1. The van der Waals surface area contributed by atoms with E-state index in [4.69, 9.17) is 27.9 Å². The lowest BCUT2D eigenvalue weighted by atomic mass is 9.95. The summed E-state index contributed by atoms with van der Waals surface area (Å²) in [6.45, 7) is 2.45. The van der Waals surface area contributed by atoms with Crippen molar-refractivity contribution in [3.05, 3.63) is 33.8 Å². The van der Waals surface area contributed by atoms with Crippen LogP contribution in [0.1, 0.15) is 23.7 Å². The van der Waals surface area contributed by atoms with Crippen LogP contribution in [-0.4, -0.2) is 18.5 Å². The second-order valence-electron chi connectivity index (χ2n) is 4.06. The predicted octanol–water partition coefficient (Wildman–Crippen LogP) is 3.60. The second-order valence-corrected chi connectivity index (χ2v) is 4.91. The number of carbonyl (C=O) groups is 1. The maximum absolute atomic E-state index is 12.1. The Kier molecular flexibility index (Phi) is 3.53. The molecule has 0 N–H and O–H groups in total. The molecule has 2 rings (SSSR count). The largest absolute Gasteiger partial charge is 0.378 e. The standard InChI is InChI=1S/C12H12Cl2O2/c1-7-4-8(6-16-7)12(15)10-3-2-9(13)5-11(10)14/h2-3,5,7-8H,4,6H2,1H3. The summed E-state index contributed by atoms with van der Waals surface area (Å²) in [4.78, 5) is 12.1. The smallest absolute Gasteiger partial charge is 0.169 e. The van der Waals surface area contributed by atoms with Gasteiger partial charge in [0.05, 0.1) is 17.7 Å². The quantitative estimate of drug-likeness (QED) is 0.758. The van der Waals surface area contributed by atoms with E-state index >= 15 is 0 Å². The van der Waals surface area contributed by atoms with Crippen molar-refractivity contribution in [3.8, 4) is 0 Å². The van der Waals surface area contributed by atoms with Crippen LogP contribution in [-0.2, 0) is 4.74 Å². The summed E-state index contributed by atoms with van der Waals surface area (Å²) in [5.74, 6) is -0.0281. The van der Waals surface area contributed by atoms with Crippen LogP contribution in [0.3, 0.4) is 0 Å². The molecule has 16 heavy (non-hydrogen) atoms. The highest BCUT2D eigenvalue weighted by molar-refractivity contribution is 6.36. The third-order valence-corrected chi connectivity index (χ3v) is 3.31. The Bertz CT molecular complexity index is 417. The van der Waals surface area contributed by atoms with Gasteiger partial charge in [0, 0.05) is 16.5 Å². The minimum absolute atomic E-state index is 0.0472. The monoisotopic (exact) mass is 258 g/mol. The fourth-order valence-corrected chi connectivity index (χ4v) is 2.41. The van der Waals surface area contributed by atoms with Crippen LogP contribution in [0, 0.1) is 5.92 Å². The zero-order chi connectivity index (χ0) is 11.7. The molecule has 1 aromatic rings. The van der Waals surface area contributed by atoms with Crippen molar-refractivity contribution in [3.63, 3.8) is 0 Å². The number of carbonyl (C=O) groups excluding carboxylic acids is 1. The minimum Gasteiger partial charge on any atom is -0.378 e. The molecule has 1 aliphatic rings. The normalized spacial score (nSPS) is 24.7. The van der Waals surface area contributed by atoms with Gasteiger partial charge in [0.1, 0.15) is 0 Å². The highest BCUT2D eigenvalue weighted by atomic mass is 35.5. The van der Waals surface area contributed by atoms with Crippen LogP contribution in [0.2, 0.25) is 10.0 Å². The van der Waals surface area contributed by atoms with E-state index in [0.29, 0.717) is 22.2 Å². The Labute approximate surface area is 104 Å². The maximum atomic E-state index is 12.1. The van der Waals surface area contributed by atoms with Gasteiger partial charge in [-0.2, -0.15) is 0 Å². The zero-order valence-corrected chi connectivity index (χ0v) is 10.4. The van der Waals surface area contributed by atoms with Crippen molar-refractivity contribution in [2.75, 3.05) is 6.61 Å². The van der Waals surface area contributed by atoms with Crippen molar-refractivity contribution in [1.82, 2.24) is 0 Å². The molecule has 2 atom stereocenters. The average Bonchev–Trinajstić information content (AvgIpc) is 2.64. The van der Waals surface area contributed by atoms with Gasteiger partial charge in [-0.1, -0.05) is 23.2 Å². The number of ketones is 1. The fraction of sp³-hybridized carbons (Fsp3) is 0.417. The first-order valence-corrected chi connectivity index (χ1v) is 5.94. The van der Waals surface area contributed by atoms with E-state index in [-0.39, 0.29) is 17.8 Å². The van der Waals surface area contributed by atoms with Crippen molar-refractivity contribution < 1.29 is 9.53 Å². The maximum Gasteiger partial charge on any atom is 0.169 e. The Morgan fingerprint density at radius 2 is 2.19 bits per heavy atom. The molecule has 0 aliphatic carbocycles. The van der Waals surface area contributed by atoms with E-state index in [9.17, 15) is 4.79 Å². The SMILES string of the molecule is CC1CC(C(=O)c2ccc(Cl)cc2Cl)CO1. The molecule has 1 saturated heterocycles. The van der Waals surface area contributed by atoms with Gasteiger partial charge in [0.2, 0.25) is 0 Å². The van der Waals surface area contributed by atoms with Gasteiger partial charge < -0.3 is 4.74 Å². The van der Waals surface area contributed by atoms with E-state index in [1.54, 1.807) is 18.2 Å². The number of benzene rings is 1. The van der Waals surface area contributed by atoms with Gasteiger partial charge >= 0.3 is 0 Å². The lowest BCUT2D eigenvalue weighted by molar-refractivity contribution is 0.0878. The van der Waals surface area contributed by atoms with Gasteiger partial charge in [0.15, 0.2) is 5.78 Å². The van der Waals surface area contributed by atoms with Gasteiger partial charge in [-0.3, -0.25) is 4.79 Å². The van der Waals surface area contributed by atoms with Gasteiger partial charge in [-0.25, -0.2) is 0 Å². The Morgan fingerprint density at radius 3 is 2.75 bits per heavy atom. The van der Waals surface area contributed by atoms with Crippen molar-refractivity contribution in [1.29, 1.82) is 0 Å². The molecule has 0 amide bonds. The zero-order valence-electron chi connectivity index (χ0n) is 8.87. The summed E-state index contributed by atoms with van der Waals surface area (Å²) < 4.78 is 5.38. The number of halogens is 2. The molecule has 1 aliphatic heterocycles. The van der Waals surface area contributed by atoms with Gasteiger partial charge in [-0.05, 0) is 31.5 Å². The number of hydrogen-bond acceptors (Lipinski definition) is 2. The molecule has 86 valence electrons. The summed E-state index contributed by atoms with van der Waals surface area (Å²) in [5, 5.41) is 0.953. The van der Waals surface area contributed by atoms with Crippen molar-refractivity contribution in [2.24, 2.45) is 5.92 Å². The van der Waals surface area contributed by atoms with Crippen LogP contribution in [0.15, 0.2) is 18.2 Å². The Morgan fingerprint density at radius 1 is 1.44 bits per heavy atom. The molecule has 2 unspecified atom stereocenters. The Balaban J connectivity index is 2.21.